The summed E-state index contributed by atoms with van der Waals surface area (Å²) >= 11 is 0. The fourth-order valence-electron chi connectivity index (χ4n) is 3.18. The number of anilines is 1. The van der Waals surface area contributed by atoms with E-state index >= 15 is 0 Å². The van der Waals surface area contributed by atoms with Crippen LogP contribution in [0.25, 0.3) is 0 Å². The van der Waals surface area contributed by atoms with E-state index in [2.05, 4.69) is 30.3 Å². The fourth-order valence-corrected chi connectivity index (χ4v) is 3.18. The molecule has 5 nitrogen and oxygen atoms in total. The minimum atomic E-state index is -0.118. The standard InChI is InChI=1S/C26H24N2O3/c1-4-14-31-23-12-13-25(27-17-19-6-5-7-22(15-19)28-30)24(16-23)26(29)21-10-8-20(9-11-21)18(2)3/h1,5-13,15-16,18,27H,14,17H2,2-3H3. The summed E-state index contributed by atoms with van der Waals surface area (Å²) in [6.07, 6.45) is 5.29. The average molecular weight is 412 g/mol. The van der Waals surface area contributed by atoms with E-state index in [4.69, 9.17) is 11.2 Å². The van der Waals surface area contributed by atoms with Crippen LogP contribution >= 0.6 is 0 Å². The summed E-state index contributed by atoms with van der Waals surface area (Å²) in [5.41, 5.74) is 4.15. The molecule has 156 valence electrons. The molecule has 0 atom stereocenters. The molecule has 0 spiro atoms. The van der Waals surface area contributed by atoms with Crippen molar-refractivity contribution < 1.29 is 9.53 Å². The van der Waals surface area contributed by atoms with E-state index in [9.17, 15) is 9.70 Å². The number of nitroso groups, excluding NO2 is 1. The Morgan fingerprint density at radius 1 is 1.10 bits per heavy atom. The number of ether oxygens (including phenoxy) is 1. The Labute approximate surface area is 182 Å². The minimum absolute atomic E-state index is 0.118. The van der Waals surface area contributed by atoms with Crippen molar-refractivity contribution in [2.45, 2.75) is 26.3 Å². The second-order valence-electron chi connectivity index (χ2n) is 7.42. The summed E-state index contributed by atoms with van der Waals surface area (Å²) in [7, 11) is 0. The summed E-state index contributed by atoms with van der Waals surface area (Å²) in [5, 5.41) is 6.25. The molecule has 0 aromatic heterocycles. The lowest BCUT2D eigenvalue weighted by Crippen LogP contribution is -2.09. The smallest absolute Gasteiger partial charge is 0.195 e. The van der Waals surface area contributed by atoms with Crippen LogP contribution in [-0.2, 0) is 6.54 Å². The summed E-state index contributed by atoms with van der Waals surface area (Å²) in [6, 6.07) is 19.9. The van der Waals surface area contributed by atoms with E-state index in [0.717, 1.165) is 5.56 Å². The Kier molecular flexibility index (Phi) is 7.18. The highest BCUT2D eigenvalue weighted by molar-refractivity contribution is 6.12. The molecule has 1 N–H and O–H groups in total. The first-order valence-electron chi connectivity index (χ1n) is 10.0. The molecule has 5 heteroatoms. The van der Waals surface area contributed by atoms with Gasteiger partial charge in [-0.25, -0.2) is 0 Å². The van der Waals surface area contributed by atoms with Gasteiger partial charge in [-0.05, 0) is 52.6 Å². The van der Waals surface area contributed by atoms with Crippen molar-refractivity contribution in [2.24, 2.45) is 5.18 Å². The molecule has 0 bridgehead atoms. The first kappa shape index (κ1) is 21.8. The van der Waals surface area contributed by atoms with Crippen LogP contribution in [0, 0.1) is 17.3 Å². The molecule has 0 unspecified atom stereocenters. The molecular weight excluding hydrogens is 388 g/mol. The first-order chi connectivity index (χ1) is 15.0. The Morgan fingerprint density at radius 2 is 1.87 bits per heavy atom. The lowest BCUT2D eigenvalue weighted by molar-refractivity contribution is 0.103. The lowest BCUT2D eigenvalue weighted by atomic mass is 9.97. The summed E-state index contributed by atoms with van der Waals surface area (Å²) in [4.78, 5) is 24.1. The van der Waals surface area contributed by atoms with Crippen LogP contribution in [-0.4, -0.2) is 12.4 Å². The molecule has 0 fully saturated rings. The molecule has 31 heavy (non-hydrogen) atoms. The van der Waals surface area contributed by atoms with Crippen LogP contribution in [0.1, 0.15) is 46.8 Å². The van der Waals surface area contributed by atoms with Crippen LogP contribution in [0.15, 0.2) is 71.9 Å². The van der Waals surface area contributed by atoms with Gasteiger partial charge >= 0.3 is 0 Å². The zero-order valence-electron chi connectivity index (χ0n) is 17.6. The van der Waals surface area contributed by atoms with Crippen molar-refractivity contribution in [3.05, 3.63) is 93.9 Å². The molecule has 3 aromatic carbocycles. The third-order valence-corrected chi connectivity index (χ3v) is 4.90. The third-order valence-electron chi connectivity index (χ3n) is 4.90. The van der Waals surface area contributed by atoms with Gasteiger partial charge in [-0.2, -0.15) is 0 Å². The van der Waals surface area contributed by atoms with Gasteiger partial charge in [-0.1, -0.05) is 56.2 Å². The van der Waals surface area contributed by atoms with E-state index in [1.807, 2.05) is 30.3 Å². The SMILES string of the molecule is C#CCOc1ccc(NCc2cccc(N=O)c2)c(C(=O)c2ccc(C(C)C)cc2)c1. The van der Waals surface area contributed by atoms with E-state index in [1.54, 1.807) is 36.4 Å². The molecule has 0 aliphatic rings. The maximum Gasteiger partial charge on any atom is 0.195 e. The Morgan fingerprint density at radius 3 is 2.55 bits per heavy atom. The predicted molar refractivity (Wildman–Crippen MR) is 124 cm³/mol. The summed E-state index contributed by atoms with van der Waals surface area (Å²) in [5.74, 6) is 3.22. The predicted octanol–water partition coefficient (Wildman–Crippen LogP) is 6.06. The third kappa shape index (κ3) is 5.58. The monoisotopic (exact) mass is 412 g/mol. The zero-order valence-corrected chi connectivity index (χ0v) is 17.6. The van der Waals surface area contributed by atoms with Crippen LogP contribution in [0.2, 0.25) is 0 Å². The van der Waals surface area contributed by atoms with Crippen LogP contribution < -0.4 is 10.1 Å². The average Bonchev–Trinajstić information content (AvgIpc) is 2.81. The Bertz CT molecular complexity index is 1110. The topological polar surface area (TPSA) is 67.8 Å². The minimum Gasteiger partial charge on any atom is -0.481 e. The van der Waals surface area contributed by atoms with Crippen LogP contribution in [0.5, 0.6) is 5.75 Å². The molecule has 3 aromatic rings. The molecule has 0 aliphatic carbocycles. The number of benzene rings is 3. The second-order valence-corrected chi connectivity index (χ2v) is 7.42. The van der Waals surface area contributed by atoms with Gasteiger partial charge in [-0.3, -0.25) is 4.79 Å². The molecule has 3 rings (SSSR count). The molecule has 0 aliphatic heterocycles. The lowest BCUT2D eigenvalue weighted by Gasteiger charge is -2.14. The van der Waals surface area contributed by atoms with Gasteiger partial charge in [0.15, 0.2) is 5.78 Å². The molecule has 0 saturated heterocycles. The van der Waals surface area contributed by atoms with E-state index in [1.165, 1.54) is 5.56 Å². The number of carbonyl (C=O) groups is 1. The Balaban J connectivity index is 1.90. The number of nitrogens with zero attached hydrogens (tertiary/aromatic N) is 1. The van der Waals surface area contributed by atoms with Crippen molar-refractivity contribution in [1.29, 1.82) is 0 Å². The van der Waals surface area contributed by atoms with Gasteiger partial charge in [0.25, 0.3) is 0 Å². The fraction of sp³-hybridized carbons (Fsp3) is 0.192. The van der Waals surface area contributed by atoms with Gasteiger partial charge in [-0.15, -0.1) is 11.3 Å². The number of terminal acetylenes is 1. The van der Waals surface area contributed by atoms with Gasteiger partial charge in [0.1, 0.15) is 18.0 Å². The largest absolute Gasteiger partial charge is 0.481 e. The highest BCUT2D eigenvalue weighted by Crippen LogP contribution is 2.27. The van der Waals surface area contributed by atoms with Crippen molar-refractivity contribution in [3.8, 4) is 18.1 Å². The van der Waals surface area contributed by atoms with Crippen molar-refractivity contribution in [3.63, 3.8) is 0 Å². The number of nitrogens with one attached hydrogen (secondary N) is 1. The number of hydrogen-bond donors (Lipinski definition) is 1. The summed E-state index contributed by atoms with van der Waals surface area (Å²) in [6.45, 7) is 4.77. The second kappa shape index (κ2) is 10.2. The number of carbonyl (C=O) groups excluding carboxylic acids is 1. The quantitative estimate of drug-likeness (QED) is 0.263. The maximum atomic E-state index is 13.3. The maximum absolute atomic E-state index is 13.3. The molecular formula is C26H24N2O3. The van der Waals surface area contributed by atoms with Gasteiger partial charge in [0, 0.05) is 23.4 Å². The summed E-state index contributed by atoms with van der Waals surface area (Å²) < 4.78 is 5.52. The number of rotatable bonds is 9. The Hall–Kier alpha value is -3.91. The highest BCUT2D eigenvalue weighted by atomic mass is 16.5. The molecule has 0 saturated carbocycles. The van der Waals surface area contributed by atoms with E-state index < -0.39 is 0 Å². The molecule has 0 amide bonds. The molecule has 0 heterocycles. The molecule has 0 radical (unpaired) electrons. The number of ketones is 1. The van der Waals surface area contributed by atoms with E-state index in [-0.39, 0.29) is 12.4 Å². The number of hydrogen-bond acceptors (Lipinski definition) is 5. The van der Waals surface area contributed by atoms with Crippen LogP contribution in [0.4, 0.5) is 11.4 Å². The zero-order chi connectivity index (χ0) is 22.2. The normalized spacial score (nSPS) is 10.4. The van der Waals surface area contributed by atoms with Crippen molar-refractivity contribution in [1.82, 2.24) is 0 Å². The van der Waals surface area contributed by atoms with Gasteiger partial charge < -0.3 is 10.1 Å². The van der Waals surface area contributed by atoms with E-state index in [0.29, 0.717) is 40.7 Å². The van der Waals surface area contributed by atoms with Crippen LogP contribution in [0.3, 0.4) is 0 Å². The highest BCUT2D eigenvalue weighted by Gasteiger charge is 2.16. The van der Waals surface area contributed by atoms with Crippen molar-refractivity contribution in [2.75, 3.05) is 11.9 Å². The van der Waals surface area contributed by atoms with Gasteiger partial charge in [0.2, 0.25) is 0 Å². The first-order valence-corrected chi connectivity index (χ1v) is 10.0. The van der Waals surface area contributed by atoms with Crippen molar-refractivity contribution >= 4 is 17.2 Å². The van der Waals surface area contributed by atoms with Gasteiger partial charge in [0.05, 0.1) is 0 Å².